The Morgan fingerprint density at radius 2 is 2.10 bits per heavy atom. The van der Waals surface area contributed by atoms with Crippen molar-refractivity contribution in [3.05, 3.63) is 61.8 Å². The first-order valence-corrected chi connectivity index (χ1v) is 8.28. The van der Waals surface area contributed by atoms with E-state index in [-0.39, 0.29) is 5.82 Å². The van der Waals surface area contributed by atoms with Gasteiger partial charge in [0.05, 0.1) is 6.61 Å². The zero-order chi connectivity index (χ0) is 15.0. The number of nitrogens with two attached hydrogens (primary N) is 1. The number of fused-ring (bicyclic) bond motifs is 1. The van der Waals surface area contributed by atoms with Crippen LogP contribution in [0.5, 0.6) is 5.75 Å². The Kier molecular flexibility index (Phi) is 4.33. The fourth-order valence-corrected chi connectivity index (χ4v) is 3.89. The number of halogens is 3. The van der Waals surface area contributed by atoms with Gasteiger partial charge in [0.25, 0.3) is 0 Å². The molecule has 0 aromatic heterocycles. The predicted octanol–water partition coefficient (Wildman–Crippen LogP) is 4.53. The zero-order valence-electron chi connectivity index (χ0n) is 11.2. The van der Waals surface area contributed by atoms with Gasteiger partial charge in [-0.25, -0.2) is 4.39 Å². The molecule has 2 N–H and O–H groups in total. The molecule has 0 radical (unpaired) electrons. The molecule has 1 aliphatic rings. The van der Waals surface area contributed by atoms with E-state index in [1.165, 1.54) is 11.6 Å². The van der Waals surface area contributed by atoms with Crippen molar-refractivity contribution >= 4 is 31.9 Å². The first-order chi connectivity index (χ1) is 10.1. The lowest BCUT2D eigenvalue weighted by atomic mass is 9.97. The van der Waals surface area contributed by atoms with Crippen LogP contribution in [0.3, 0.4) is 0 Å². The fraction of sp³-hybridized carbons (Fsp3) is 0.250. The summed E-state index contributed by atoms with van der Waals surface area (Å²) < 4.78 is 21.4. The van der Waals surface area contributed by atoms with E-state index in [1.807, 2.05) is 6.07 Å². The average Bonchev–Trinajstić information content (AvgIpc) is 2.86. The molecule has 2 aromatic carbocycles. The minimum atomic E-state index is -0.428. The summed E-state index contributed by atoms with van der Waals surface area (Å²) >= 11 is 6.89. The molecule has 21 heavy (non-hydrogen) atoms. The van der Waals surface area contributed by atoms with Gasteiger partial charge >= 0.3 is 0 Å². The van der Waals surface area contributed by atoms with Crippen molar-refractivity contribution in [2.45, 2.75) is 18.9 Å². The Bertz CT molecular complexity index is 670. The van der Waals surface area contributed by atoms with Crippen LogP contribution in [0.15, 0.2) is 39.3 Å². The van der Waals surface area contributed by atoms with Gasteiger partial charge in [-0.15, -0.1) is 0 Å². The molecule has 0 amide bonds. The molecular weight excluding hydrogens is 401 g/mol. The summed E-state index contributed by atoms with van der Waals surface area (Å²) in [6.45, 7) is 0.692. The molecular formula is C16H14Br2FNO. The van der Waals surface area contributed by atoms with Crippen LogP contribution in [0.2, 0.25) is 0 Å². The highest BCUT2D eigenvalue weighted by atomic mass is 79.9. The topological polar surface area (TPSA) is 35.2 Å². The summed E-state index contributed by atoms with van der Waals surface area (Å²) in [5, 5.41) is 0. The van der Waals surface area contributed by atoms with E-state index in [9.17, 15) is 4.39 Å². The Hall–Kier alpha value is -0.910. The molecule has 2 nitrogen and oxygen atoms in total. The van der Waals surface area contributed by atoms with Crippen LogP contribution in [0.1, 0.15) is 22.7 Å². The molecule has 110 valence electrons. The molecule has 0 spiro atoms. The molecule has 0 fully saturated rings. The smallest absolute Gasteiger partial charge is 0.129 e. The van der Waals surface area contributed by atoms with Gasteiger partial charge in [-0.3, -0.25) is 0 Å². The largest absolute Gasteiger partial charge is 0.493 e. The third-order valence-electron chi connectivity index (χ3n) is 3.64. The van der Waals surface area contributed by atoms with Crippen LogP contribution in [0, 0.1) is 5.82 Å². The second kappa shape index (κ2) is 6.07. The number of rotatable bonds is 3. The van der Waals surface area contributed by atoms with Crippen molar-refractivity contribution in [2.24, 2.45) is 5.73 Å². The summed E-state index contributed by atoms with van der Waals surface area (Å²) in [6.07, 6.45) is 1.43. The lowest BCUT2D eigenvalue weighted by Gasteiger charge is -2.17. The predicted molar refractivity (Wildman–Crippen MR) is 88.1 cm³/mol. The molecule has 2 aromatic rings. The maximum atomic E-state index is 14.0. The molecule has 1 unspecified atom stereocenters. The van der Waals surface area contributed by atoms with Crippen molar-refractivity contribution < 1.29 is 9.13 Å². The number of hydrogen-bond acceptors (Lipinski definition) is 2. The van der Waals surface area contributed by atoms with E-state index in [4.69, 9.17) is 10.5 Å². The molecule has 0 saturated heterocycles. The monoisotopic (exact) mass is 413 g/mol. The molecule has 5 heteroatoms. The van der Waals surface area contributed by atoms with E-state index in [0.29, 0.717) is 23.1 Å². The van der Waals surface area contributed by atoms with Crippen LogP contribution in [-0.2, 0) is 12.8 Å². The Labute approximate surface area is 139 Å². The highest BCUT2D eigenvalue weighted by Crippen LogP contribution is 2.36. The van der Waals surface area contributed by atoms with E-state index in [2.05, 4.69) is 37.9 Å². The summed E-state index contributed by atoms with van der Waals surface area (Å²) in [5.74, 6) is 0.616. The third-order valence-corrected chi connectivity index (χ3v) is 4.79. The third kappa shape index (κ3) is 3.00. The van der Waals surface area contributed by atoms with Crippen LogP contribution in [0.25, 0.3) is 0 Å². The van der Waals surface area contributed by atoms with Gasteiger partial charge in [-0.2, -0.15) is 0 Å². The maximum Gasteiger partial charge on any atom is 0.129 e. The van der Waals surface area contributed by atoms with E-state index < -0.39 is 6.04 Å². The van der Waals surface area contributed by atoms with Gasteiger partial charge in [-0.1, -0.05) is 37.9 Å². The number of benzene rings is 2. The first-order valence-electron chi connectivity index (χ1n) is 6.70. The lowest BCUT2D eigenvalue weighted by Crippen LogP contribution is -2.16. The lowest BCUT2D eigenvalue weighted by molar-refractivity contribution is 0.352. The van der Waals surface area contributed by atoms with Gasteiger partial charge in [0.2, 0.25) is 0 Å². The highest BCUT2D eigenvalue weighted by molar-refractivity contribution is 9.10. The van der Waals surface area contributed by atoms with Crippen LogP contribution >= 0.6 is 31.9 Å². The van der Waals surface area contributed by atoms with Crippen LogP contribution in [0.4, 0.5) is 4.39 Å². The highest BCUT2D eigenvalue weighted by Gasteiger charge is 2.21. The van der Waals surface area contributed by atoms with E-state index >= 15 is 0 Å². The van der Waals surface area contributed by atoms with E-state index in [1.54, 1.807) is 12.1 Å². The molecule has 1 heterocycles. The summed E-state index contributed by atoms with van der Waals surface area (Å²) in [4.78, 5) is 0. The van der Waals surface area contributed by atoms with Crippen LogP contribution < -0.4 is 10.5 Å². The minimum Gasteiger partial charge on any atom is -0.493 e. The summed E-state index contributed by atoms with van der Waals surface area (Å²) in [7, 11) is 0. The van der Waals surface area contributed by atoms with Gasteiger partial charge in [-0.05, 0) is 41.8 Å². The van der Waals surface area contributed by atoms with Crippen LogP contribution in [-0.4, -0.2) is 6.61 Å². The molecule has 1 atom stereocenters. The molecule has 0 bridgehead atoms. The van der Waals surface area contributed by atoms with Gasteiger partial charge in [0.1, 0.15) is 11.6 Å². The van der Waals surface area contributed by atoms with Gasteiger partial charge in [0, 0.05) is 27.0 Å². The minimum absolute atomic E-state index is 0.288. The van der Waals surface area contributed by atoms with Crippen molar-refractivity contribution in [1.29, 1.82) is 0 Å². The maximum absolute atomic E-state index is 14.0. The van der Waals surface area contributed by atoms with E-state index in [0.717, 1.165) is 22.2 Å². The van der Waals surface area contributed by atoms with Gasteiger partial charge < -0.3 is 10.5 Å². The molecule has 3 rings (SSSR count). The van der Waals surface area contributed by atoms with Crippen molar-refractivity contribution in [1.82, 2.24) is 0 Å². The fourth-order valence-electron chi connectivity index (χ4n) is 2.70. The average molecular weight is 415 g/mol. The standard InChI is InChI=1S/C16H14Br2FNO/c17-11-6-9-4-5-21-16(9)10(7-11)8-14(20)15-12(18)2-1-3-13(15)19/h1-3,6-7,14H,4-5,8,20H2. The first kappa shape index (κ1) is 15.0. The second-order valence-corrected chi connectivity index (χ2v) is 6.87. The zero-order valence-corrected chi connectivity index (χ0v) is 14.4. The van der Waals surface area contributed by atoms with Crippen molar-refractivity contribution in [2.75, 3.05) is 6.61 Å². The van der Waals surface area contributed by atoms with Gasteiger partial charge in [0.15, 0.2) is 0 Å². The summed E-state index contributed by atoms with van der Waals surface area (Å²) in [5.41, 5.74) is 8.93. The Morgan fingerprint density at radius 1 is 1.29 bits per heavy atom. The van der Waals surface area contributed by atoms with Crippen molar-refractivity contribution in [3.8, 4) is 5.75 Å². The molecule has 0 saturated carbocycles. The second-order valence-electron chi connectivity index (χ2n) is 5.10. The SMILES string of the molecule is NC(Cc1cc(Br)cc2c1OCC2)c1c(F)cccc1Br. The Morgan fingerprint density at radius 3 is 2.86 bits per heavy atom. The normalized spacial score (nSPS) is 14.7. The molecule has 0 aliphatic carbocycles. The Balaban J connectivity index is 1.94. The number of ether oxygens (including phenoxy) is 1. The molecule has 1 aliphatic heterocycles. The quantitative estimate of drug-likeness (QED) is 0.800. The van der Waals surface area contributed by atoms with Crippen molar-refractivity contribution in [3.63, 3.8) is 0 Å². The summed E-state index contributed by atoms with van der Waals surface area (Å²) in [6, 6.07) is 8.54. The number of hydrogen-bond donors (Lipinski definition) is 1.